The number of aliphatic hydroxyl groups excluding tert-OH is 1. The van der Waals surface area contributed by atoms with Crippen LogP contribution in [0.1, 0.15) is 30.6 Å². The van der Waals surface area contributed by atoms with Crippen LogP contribution in [-0.4, -0.2) is 17.8 Å². The maximum atomic E-state index is 13.6. The number of benzene rings is 1. The summed E-state index contributed by atoms with van der Waals surface area (Å²) in [7, 11) is 0. The molecule has 3 unspecified atom stereocenters. The quantitative estimate of drug-likeness (QED) is 0.864. The summed E-state index contributed by atoms with van der Waals surface area (Å²) < 4.78 is 32.1. The molecule has 0 radical (unpaired) electrons. The molecule has 2 rings (SSSR count). The van der Waals surface area contributed by atoms with Crippen LogP contribution >= 0.6 is 0 Å². The lowest BCUT2D eigenvalue weighted by Gasteiger charge is -2.18. The van der Waals surface area contributed by atoms with Crippen LogP contribution in [0.25, 0.3) is 0 Å². The number of hydrogen-bond donors (Lipinski definition) is 1. The largest absolute Gasteiger partial charge is 0.388 e. The van der Waals surface area contributed by atoms with Crippen LogP contribution in [0.15, 0.2) is 12.1 Å². The maximum Gasteiger partial charge on any atom is 0.131 e. The lowest BCUT2D eigenvalue weighted by atomic mass is 9.92. The van der Waals surface area contributed by atoms with Crippen molar-refractivity contribution in [3.05, 3.63) is 34.9 Å². The average Bonchev–Trinajstić information content (AvgIpc) is 2.69. The molecule has 0 aromatic heterocycles. The van der Waals surface area contributed by atoms with Gasteiger partial charge in [0.25, 0.3) is 0 Å². The Kier molecular flexibility index (Phi) is 3.45. The normalized spacial score (nSPS) is 26.2. The summed E-state index contributed by atoms with van der Waals surface area (Å²) in [4.78, 5) is 0. The van der Waals surface area contributed by atoms with Crippen molar-refractivity contribution in [3.63, 3.8) is 0 Å². The van der Waals surface area contributed by atoms with Crippen molar-refractivity contribution in [1.82, 2.24) is 0 Å². The highest BCUT2D eigenvalue weighted by atomic mass is 19.1. The highest BCUT2D eigenvalue weighted by Gasteiger charge is 2.31. The van der Waals surface area contributed by atoms with Gasteiger partial charge in [0.1, 0.15) is 11.6 Å². The lowest BCUT2D eigenvalue weighted by molar-refractivity contribution is 0.0783. The number of rotatable bonds is 2. The second kappa shape index (κ2) is 4.70. The third kappa shape index (κ3) is 2.48. The van der Waals surface area contributed by atoms with Crippen molar-refractivity contribution < 1.29 is 18.6 Å². The van der Waals surface area contributed by atoms with Crippen molar-refractivity contribution in [3.8, 4) is 0 Å². The Bertz CT molecular complexity index is 420. The molecule has 1 saturated heterocycles. The third-order valence-electron chi connectivity index (χ3n) is 3.27. The first-order chi connectivity index (χ1) is 7.99. The Morgan fingerprint density at radius 1 is 1.35 bits per heavy atom. The Morgan fingerprint density at radius 3 is 2.65 bits per heavy atom. The van der Waals surface area contributed by atoms with E-state index in [1.54, 1.807) is 6.92 Å². The number of aryl methyl sites for hydroxylation is 1. The summed E-state index contributed by atoms with van der Waals surface area (Å²) in [6.07, 6.45) is -0.157. The Hall–Kier alpha value is -1.00. The first-order valence-electron chi connectivity index (χ1n) is 5.74. The fourth-order valence-corrected chi connectivity index (χ4v) is 2.23. The lowest BCUT2D eigenvalue weighted by Crippen LogP contribution is -2.14. The van der Waals surface area contributed by atoms with Gasteiger partial charge in [0.2, 0.25) is 0 Å². The molecule has 4 heteroatoms. The molecule has 1 N–H and O–H groups in total. The molecule has 0 aliphatic carbocycles. The SMILES string of the molecule is Cc1cc(C(O)C2COC(C)C2)c(F)cc1F. The molecule has 0 bridgehead atoms. The van der Waals surface area contributed by atoms with Gasteiger partial charge in [0.15, 0.2) is 0 Å². The summed E-state index contributed by atoms with van der Waals surface area (Å²) in [5.41, 5.74) is 0.499. The minimum absolute atomic E-state index is 0.0826. The second-order valence-electron chi connectivity index (χ2n) is 4.71. The molecule has 3 atom stereocenters. The zero-order chi connectivity index (χ0) is 12.6. The van der Waals surface area contributed by atoms with Crippen LogP contribution < -0.4 is 0 Å². The van der Waals surface area contributed by atoms with Gasteiger partial charge in [-0.05, 0) is 31.9 Å². The van der Waals surface area contributed by atoms with Gasteiger partial charge in [-0.1, -0.05) is 0 Å². The monoisotopic (exact) mass is 242 g/mol. The molecule has 0 saturated carbocycles. The predicted molar refractivity (Wildman–Crippen MR) is 59.6 cm³/mol. The fraction of sp³-hybridized carbons (Fsp3) is 0.538. The van der Waals surface area contributed by atoms with E-state index in [2.05, 4.69) is 0 Å². The summed E-state index contributed by atoms with van der Waals surface area (Å²) in [5, 5.41) is 10.1. The Labute approximate surface area is 99.2 Å². The van der Waals surface area contributed by atoms with E-state index >= 15 is 0 Å². The Balaban J connectivity index is 2.24. The van der Waals surface area contributed by atoms with Gasteiger partial charge in [0, 0.05) is 17.5 Å². The summed E-state index contributed by atoms with van der Waals surface area (Å²) in [6, 6.07) is 2.20. The summed E-state index contributed by atoms with van der Waals surface area (Å²) in [6.45, 7) is 3.88. The van der Waals surface area contributed by atoms with Gasteiger partial charge in [-0.25, -0.2) is 8.78 Å². The van der Waals surface area contributed by atoms with Gasteiger partial charge >= 0.3 is 0 Å². The molecular weight excluding hydrogens is 226 g/mol. The molecule has 17 heavy (non-hydrogen) atoms. The molecule has 1 fully saturated rings. The highest BCUT2D eigenvalue weighted by Crippen LogP contribution is 2.33. The second-order valence-corrected chi connectivity index (χ2v) is 4.71. The van der Waals surface area contributed by atoms with Crippen LogP contribution in [-0.2, 0) is 4.74 Å². The third-order valence-corrected chi connectivity index (χ3v) is 3.27. The topological polar surface area (TPSA) is 29.5 Å². The van der Waals surface area contributed by atoms with Crippen LogP contribution in [0.2, 0.25) is 0 Å². The van der Waals surface area contributed by atoms with Crippen molar-refractivity contribution in [1.29, 1.82) is 0 Å². The van der Waals surface area contributed by atoms with E-state index in [4.69, 9.17) is 4.74 Å². The molecule has 1 heterocycles. The van der Waals surface area contributed by atoms with E-state index in [9.17, 15) is 13.9 Å². The van der Waals surface area contributed by atoms with Crippen molar-refractivity contribution >= 4 is 0 Å². The first-order valence-corrected chi connectivity index (χ1v) is 5.74. The molecule has 1 aliphatic heterocycles. The molecule has 0 amide bonds. The van der Waals surface area contributed by atoms with E-state index in [-0.39, 0.29) is 17.6 Å². The standard InChI is InChI=1S/C13H16F2O2/c1-7-3-10(12(15)5-11(7)14)13(16)9-4-8(2)17-6-9/h3,5,8-9,13,16H,4,6H2,1-2H3. The van der Waals surface area contributed by atoms with Crippen LogP contribution in [0.3, 0.4) is 0 Å². The van der Waals surface area contributed by atoms with E-state index < -0.39 is 17.7 Å². The fourth-order valence-electron chi connectivity index (χ4n) is 2.23. The van der Waals surface area contributed by atoms with Crippen LogP contribution in [0.4, 0.5) is 8.78 Å². The average molecular weight is 242 g/mol. The molecule has 2 nitrogen and oxygen atoms in total. The van der Waals surface area contributed by atoms with Gasteiger partial charge in [-0.3, -0.25) is 0 Å². The van der Waals surface area contributed by atoms with Gasteiger partial charge < -0.3 is 9.84 Å². The Morgan fingerprint density at radius 2 is 2.06 bits per heavy atom. The molecule has 0 spiro atoms. The van der Waals surface area contributed by atoms with E-state index in [1.807, 2.05) is 6.92 Å². The van der Waals surface area contributed by atoms with E-state index in [0.29, 0.717) is 18.6 Å². The molecular formula is C13H16F2O2. The van der Waals surface area contributed by atoms with E-state index in [0.717, 1.165) is 6.07 Å². The predicted octanol–water partition coefficient (Wildman–Crippen LogP) is 2.73. The highest BCUT2D eigenvalue weighted by molar-refractivity contribution is 5.28. The van der Waals surface area contributed by atoms with Gasteiger partial charge in [0.05, 0.1) is 18.8 Å². The number of hydrogen-bond acceptors (Lipinski definition) is 2. The summed E-state index contributed by atoms with van der Waals surface area (Å²) >= 11 is 0. The van der Waals surface area contributed by atoms with Crippen molar-refractivity contribution in [2.75, 3.05) is 6.61 Å². The molecule has 94 valence electrons. The van der Waals surface area contributed by atoms with Crippen LogP contribution in [0, 0.1) is 24.5 Å². The minimum Gasteiger partial charge on any atom is -0.388 e. The number of halogens is 2. The van der Waals surface area contributed by atoms with Crippen LogP contribution in [0.5, 0.6) is 0 Å². The first kappa shape index (κ1) is 12.5. The molecule has 1 aromatic rings. The molecule has 1 aromatic carbocycles. The number of ether oxygens (including phenoxy) is 1. The van der Waals surface area contributed by atoms with E-state index in [1.165, 1.54) is 6.07 Å². The number of aliphatic hydroxyl groups is 1. The maximum absolute atomic E-state index is 13.6. The van der Waals surface area contributed by atoms with Crippen molar-refractivity contribution in [2.45, 2.75) is 32.5 Å². The smallest absolute Gasteiger partial charge is 0.131 e. The zero-order valence-corrected chi connectivity index (χ0v) is 9.91. The van der Waals surface area contributed by atoms with Gasteiger partial charge in [-0.2, -0.15) is 0 Å². The van der Waals surface area contributed by atoms with Gasteiger partial charge in [-0.15, -0.1) is 0 Å². The summed E-state index contributed by atoms with van der Waals surface area (Å²) in [5.74, 6) is -1.40. The zero-order valence-electron chi connectivity index (χ0n) is 9.91. The minimum atomic E-state index is -0.931. The van der Waals surface area contributed by atoms with Crippen molar-refractivity contribution in [2.24, 2.45) is 5.92 Å². The molecule has 1 aliphatic rings.